The van der Waals surface area contributed by atoms with Crippen molar-refractivity contribution < 1.29 is 13.6 Å². The zero-order valence-corrected chi connectivity index (χ0v) is 28.3. The van der Waals surface area contributed by atoms with Gasteiger partial charge in [0.25, 0.3) is 9.04 Å². The second-order valence-electron chi connectivity index (χ2n) is 13.2. The lowest BCUT2D eigenvalue weighted by molar-refractivity contribution is -0.214. The van der Waals surface area contributed by atoms with Crippen molar-refractivity contribution in [3.63, 3.8) is 0 Å². The van der Waals surface area contributed by atoms with Gasteiger partial charge in [-0.15, -0.1) is 0 Å². The van der Waals surface area contributed by atoms with Crippen LogP contribution in [0.2, 0.25) is 0 Å². The van der Waals surface area contributed by atoms with E-state index in [0.717, 1.165) is 47.4 Å². The minimum atomic E-state index is -1.71. The molecule has 1 atom stereocenters. The molecule has 5 aromatic carbocycles. The fourth-order valence-corrected chi connectivity index (χ4v) is 8.80. The first-order chi connectivity index (χ1) is 22.9. The Morgan fingerprint density at radius 1 is 0.702 bits per heavy atom. The van der Waals surface area contributed by atoms with Crippen molar-refractivity contribution in [3.05, 3.63) is 162 Å². The minimum absolute atomic E-state index is 0.0151. The van der Waals surface area contributed by atoms with E-state index in [1.807, 2.05) is 36.4 Å². The van der Waals surface area contributed by atoms with Crippen molar-refractivity contribution in [2.24, 2.45) is 0 Å². The van der Waals surface area contributed by atoms with Gasteiger partial charge in [-0.25, -0.2) is 4.98 Å². The summed E-state index contributed by atoms with van der Waals surface area (Å²) in [6, 6.07) is 48.2. The van der Waals surface area contributed by atoms with Crippen LogP contribution >= 0.6 is 0 Å². The Kier molecular flexibility index (Phi) is 8.78. The minimum Gasteiger partial charge on any atom is -0.437 e. The molecule has 1 aliphatic rings. The van der Waals surface area contributed by atoms with Gasteiger partial charge < -0.3 is 13.6 Å². The number of oxazole rings is 1. The number of hydrogen-bond donors (Lipinski definition) is 0. The number of ether oxygens (including phenoxy) is 1. The zero-order chi connectivity index (χ0) is 32.3. The van der Waals surface area contributed by atoms with Crippen molar-refractivity contribution in [2.75, 3.05) is 0 Å². The van der Waals surface area contributed by atoms with E-state index >= 15 is 0 Å². The van der Waals surface area contributed by atoms with Crippen molar-refractivity contribution in [1.82, 2.24) is 4.98 Å². The van der Waals surface area contributed by atoms with Crippen molar-refractivity contribution >= 4 is 19.4 Å². The standard InChI is InChI=1S/C42H40NO3Si/c1-41(2,3)36-27-16-28-37-35(36)26-17-29-42(37,46-47(33-22-12-6-13-23-33)34-24-14-7-15-25-34)44-30-38-43-39(31-18-8-4-9-19-31)40(45-38)32-20-10-5-11-21-32/h4-16,18-25,27-28H,17,26,29-30H2,1-3H3/t42-/m0/s1. The molecule has 4 nitrogen and oxygen atoms in total. The van der Waals surface area contributed by atoms with Crippen LogP contribution in [-0.2, 0) is 33.4 Å². The summed E-state index contributed by atoms with van der Waals surface area (Å²) in [5, 5.41) is 2.36. The van der Waals surface area contributed by atoms with Gasteiger partial charge in [0, 0.05) is 23.1 Å². The van der Waals surface area contributed by atoms with E-state index in [-0.39, 0.29) is 12.0 Å². The molecule has 0 spiro atoms. The van der Waals surface area contributed by atoms with Crippen LogP contribution in [0.4, 0.5) is 0 Å². The third-order valence-electron chi connectivity index (χ3n) is 8.85. The number of benzene rings is 5. The summed E-state index contributed by atoms with van der Waals surface area (Å²) < 4.78 is 21.1. The number of rotatable bonds is 9. The quantitative estimate of drug-likeness (QED) is 0.118. The van der Waals surface area contributed by atoms with Crippen molar-refractivity contribution in [3.8, 4) is 22.6 Å². The van der Waals surface area contributed by atoms with Gasteiger partial charge in [-0.3, -0.25) is 0 Å². The van der Waals surface area contributed by atoms with Crippen LogP contribution < -0.4 is 10.4 Å². The molecule has 235 valence electrons. The Bertz CT molecular complexity index is 1820. The molecule has 6 aromatic rings. The maximum absolute atomic E-state index is 7.48. The van der Waals surface area contributed by atoms with Gasteiger partial charge >= 0.3 is 0 Å². The molecule has 0 fully saturated rings. The molecule has 0 unspecified atom stereocenters. The predicted octanol–water partition coefficient (Wildman–Crippen LogP) is 8.83. The van der Waals surface area contributed by atoms with E-state index in [0.29, 0.717) is 5.89 Å². The average Bonchev–Trinajstić information content (AvgIpc) is 3.55. The third kappa shape index (κ3) is 6.52. The summed E-state index contributed by atoms with van der Waals surface area (Å²) in [6.45, 7) is 7.02. The average molecular weight is 635 g/mol. The fraction of sp³-hybridized carbons (Fsp3) is 0.214. The topological polar surface area (TPSA) is 44.5 Å². The van der Waals surface area contributed by atoms with E-state index in [9.17, 15) is 0 Å². The molecular formula is C42H40NO3Si. The van der Waals surface area contributed by atoms with Crippen LogP contribution in [0.15, 0.2) is 144 Å². The fourth-order valence-electron chi connectivity index (χ4n) is 6.64. The molecule has 7 rings (SSSR count). The molecule has 0 aliphatic heterocycles. The van der Waals surface area contributed by atoms with E-state index in [1.54, 1.807) is 0 Å². The van der Waals surface area contributed by atoms with Gasteiger partial charge in [0.2, 0.25) is 5.89 Å². The lowest BCUT2D eigenvalue weighted by Crippen LogP contribution is -2.52. The van der Waals surface area contributed by atoms with Crippen LogP contribution in [0.5, 0.6) is 0 Å². The molecule has 5 heteroatoms. The van der Waals surface area contributed by atoms with Crippen LogP contribution in [0.3, 0.4) is 0 Å². The second kappa shape index (κ2) is 13.3. The SMILES string of the molecule is CC(C)(C)c1cccc2c1CCC[C@]2(OCc1nc(-c2ccccc2)c(-c2ccccc2)o1)O[Si](c1ccccc1)c1ccccc1. The highest BCUT2D eigenvalue weighted by Gasteiger charge is 2.44. The van der Waals surface area contributed by atoms with E-state index in [4.69, 9.17) is 18.6 Å². The normalized spacial score (nSPS) is 16.3. The number of hydrogen-bond acceptors (Lipinski definition) is 4. The Morgan fingerprint density at radius 2 is 1.28 bits per heavy atom. The lowest BCUT2D eigenvalue weighted by atomic mass is 9.76. The summed E-state index contributed by atoms with van der Waals surface area (Å²) >= 11 is 0. The first-order valence-electron chi connectivity index (χ1n) is 16.5. The highest BCUT2D eigenvalue weighted by Crippen LogP contribution is 2.44. The molecule has 1 radical (unpaired) electrons. The largest absolute Gasteiger partial charge is 0.437 e. The molecule has 0 N–H and O–H groups in total. The van der Waals surface area contributed by atoms with E-state index in [1.165, 1.54) is 21.5 Å². The van der Waals surface area contributed by atoms with Crippen molar-refractivity contribution in [1.29, 1.82) is 0 Å². The maximum Gasteiger partial charge on any atom is 0.286 e. The van der Waals surface area contributed by atoms with Crippen molar-refractivity contribution in [2.45, 2.75) is 57.8 Å². The summed E-state index contributed by atoms with van der Waals surface area (Å²) in [5.74, 6) is 0.282. The highest BCUT2D eigenvalue weighted by atomic mass is 28.3. The summed E-state index contributed by atoms with van der Waals surface area (Å²) in [7, 11) is -1.71. The third-order valence-corrected chi connectivity index (χ3v) is 11.1. The molecule has 0 amide bonds. The molecule has 47 heavy (non-hydrogen) atoms. The molecule has 1 aromatic heterocycles. The molecule has 1 heterocycles. The van der Waals surface area contributed by atoms with E-state index < -0.39 is 14.8 Å². The number of nitrogens with zero attached hydrogens (tertiary/aromatic N) is 1. The van der Waals surface area contributed by atoms with Crippen LogP contribution in [0, 0.1) is 0 Å². The van der Waals surface area contributed by atoms with Gasteiger partial charge in [-0.2, -0.15) is 0 Å². The Balaban J connectivity index is 1.33. The Hall–Kier alpha value is -4.55. The van der Waals surface area contributed by atoms with Gasteiger partial charge in [0.1, 0.15) is 12.3 Å². The smallest absolute Gasteiger partial charge is 0.286 e. The lowest BCUT2D eigenvalue weighted by Gasteiger charge is -2.42. The van der Waals surface area contributed by atoms with Gasteiger partial charge in [-0.1, -0.05) is 160 Å². The first kappa shape index (κ1) is 31.1. The van der Waals surface area contributed by atoms with Crippen LogP contribution in [0.1, 0.15) is 56.2 Å². The van der Waals surface area contributed by atoms with Gasteiger partial charge in [0.15, 0.2) is 11.5 Å². The predicted molar refractivity (Wildman–Crippen MR) is 191 cm³/mol. The first-order valence-corrected chi connectivity index (χ1v) is 17.9. The summed E-state index contributed by atoms with van der Waals surface area (Å²) in [5.41, 5.74) is 6.56. The zero-order valence-electron chi connectivity index (χ0n) is 27.3. The monoisotopic (exact) mass is 634 g/mol. The molecule has 0 saturated carbocycles. The number of aromatic nitrogens is 1. The maximum atomic E-state index is 7.48. The molecule has 1 aliphatic carbocycles. The summed E-state index contributed by atoms with van der Waals surface area (Å²) in [6.07, 6.45) is 2.68. The molecule has 0 bridgehead atoms. The van der Waals surface area contributed by atoms with Gasteiger partial charge in [-0.05, 0) is 39.8 Å². The van der Waals surface area contributed by atoms with Crippen LogP contribution in [0.25, 0.3) is 22.6 Å². The summed E-state index contributed by atoms with van der Waals surface area (Å²) in [4.78, 5) is 5.04. The Morgan fingerprint density at radius 3 is 1.87 bits per heavy atom. The van der Waals surface area contributed by atoms with E-state index in [2.05, 4.69) is 124 Å². The molecule has 0 saturated heterocycles. The Labute approximate surface area is 279 Å². The van der Waals surface area contributed by atoms with Crippen LogP contribution in [-0.4, -0.2) is 14.0 Å². The molecular weight excluding hydrogens is 595 g/mol. The number of fused-ring (bicyclic) bond motifs is 1. The van der Waals surface area contributed by atoms with Gasteiger partial charge in [0.05, 0.1) is 0 Å². The highest BCUT2D eigenvalue weighted by molar-refractivity contribution is 6.80. The second-order valence-corrected chi connectivity index (χ2v) is 15.2.